The van der Waals surface area contributed by atoms with Gasteiger partial charge in [0.15, 0.2) is 0 Å². The van der Waals surface area contributed by atoms with Crippen LogP contribution in [-0.4, -0.2) is 62.2 Å². The van der Waals surface area contributed by atoms with Crippen molar-refractivity contribution in [3.8, 4) is 45.0 Å². The third-order valence-corrected chi connectivity index (χ3v) is 12.0. The molecule has 0 amide bonds. The first-order valence-electron chi connectivity index (χ1n) is 23.7. The van der Waals surface area contributed by atoms with Gasteiger partial charge in [-0.2, -0.15) is 32.5 Å². The number of halogens is 2. The molecule has 10 aromatic carbocycles. The van der Waals surface area contributed by atoms with Crippen LogP contribution < -0.4 is 17.0 Å². The maximum absolute atomic E-state index is 4.61. The minimum absolute atomic E-state index is 0. The zero-order valence-electron chi connectivity index (χ0n) is 41.1. The van der Waals surface area contributed by atoms with Crippen molar-refractivity contribution < 1.29 is 56.8 Å². The number of nitrogens with zero attached hydrogens (tertiary/aromatic N) is 8. The van der Waals surface area contributed by atoms with E-state index in [-0.39, 0.29) is 61.1 Å². The van der Waals surface area contributed by atoms with Crippen molar-refractivity contribution in [3.63, 3.8) is 0 Å². The van der Waals surface area contributed by atoms with E-state index in [4.69, 9.17) is 0 Å². The van der Waals surface area contributed by atoms with Crippen molar-refractivity contribution in [1.82, 2.24) is 39.1 Å². The smallest absolute Gasteiger partial charge is 0.266 e. The largest absolute Gasteiger partial charge is 2.00 e. The first-order valence-corrected chi connectivity index (χ1v) is 26.5. The van der Waals surface area contributed by atoms with E-state index < -0.39 is 0 Å². The molecule has 0 saturated carbocycles. The number of rotatable bonds is 6. The Morgan fingerprint density at radius 1 is 0.299 bits per heavy atom. The summed E-state index contributed by atoms with van der Waals surface area (Å²) in [7, 11) is 4.61. The fourth-order valence-electron chi connectivity index (χ4n) is 8.72. The summed E-state index contributed by atoms with van der Waals surface area (Å²) < 4.78 is 7.08. The third kappa shape index (κ3) is 13.9. The number of benzene rings is 10. The standard InChI is InChI=1S/2C20H13.2C12H9N4.BrH.ClH.Mg.2Pt/c2*1-2-8-15(9-3-1)20-18-12-6-4-10-16(18)14-17-11-5-7-13-19(17)20;2*1-4-11(15-8-2-6-13-15)10-12(5-1)16-9-3-7-14-16;;;;;/h2*1-13H;2*1-9H;2*1H;;;/q4*-1;;;3*+2/p-2. The van der Waals surface area contributed by atoms with E-state index in [1.54, 1.807) is 62.3 Å². The van der Waals surface area contributed by atoms with Crippen molar-refractivity contribution >= 4 is 75.6 Å². The molecule has 0 aliphatic carbocycles. The fraction of sp³-hybridized carbons (Fsp3) is 0. The Morgan fingerprint density at radius 3 is 0.792 bits per heavy atom. The van der Waals surface area contributed by atoms with E-state index in [0.29, 0.717) is 0 Å². The van der Waals surface area contributed by atoms with E-state index in [0.717, 1.165) is 22.7 Å². The molecule has 0 bridgehead atoms. The fourth-order valence-corrected chi connectivity index (χ4v) is 8.72. The summed E-state index contributed by atoms with van der Waals surface area (Å²) in [4.78, 5) is 0. The Bertz CT molecular complexity index is 3530. The molecule has 4 aromatic heterocycles. The molecule has 0 radical (unpaired) electrons. The summed E-state index contributed by atoms with van der Waals surface area (Å²) in [5.41, 5.74) is 8.72. The van der Waals surface area contributed by atoms with Crippen molar-refractivity contribution in [2.75, 3.05) is 0 Å². The zero-order valence-corrected chi connectivity index (χ0v) is 49.4. The number of fused-ring (bicyclic) bond motifs is 4. The van der Waals surface area contributed by atoms with E-state index in [2.05, 4.69) is 212 Å². The quantitative estimate of drug-likeness (QED) is 0.0945. The van der Waals surface area contributed by atoms with Gasteiger partial charge in [-0.15, -0.1) is 94.3 Å². The molecule has 0 unspecified atom stereocenters. The van der Waals surface area contributed by atoms with Crippen LogP contribution in [0, 0.1) is 24.3 Å². The molecule has 0 saturated heterocycles. The summed E-state index contributed by atoms with van der Waals surface area (Å²) in [6.45, 7) is 0. The molecule has 14 aromatic rings. The normalized spacial score (nSPS) is 10.2. The predicted molar refractivity (Wildman–Crippen MR) is 302 cm³/mol. The van der Waals surface area contributed by atoms with Crippen LogP contribution in [0.25, 0.3) is 88.1 Å². The molecule has 0 aliphatic rings. The van der Waals surface area contributed by atoms with Gasteiger partial charge < -0.3 is 17.0 Å². The summed E-state index contributed by atoms with van der Waals surface area (Å²) in [6.07, 6.45) is 14.5. The number of hydrogen-bond acceptors (Lipinski definition) is 4. The molecular weight excluding hydrogens is 1410 g/mol. The number of hydrogen-bond donors (Lipinski definition) is 0. The Hall–Kier alpha value is -7.01. The van der Waals surface area contributed by atoms with Gasteiger partial charge in [0.2, 0.25) is 0 Å². The van der Waals surface area contributed by atoms with Crippen LogP contribution in [0.2, 0.25) is 0 Å². The van der Waals surface area contributed by atoms with Crippen LogP contribution >= 0.6 is 9.42 Å². The molecule has 376 valence electrons. The van der Waals surface area contributed by atoms with Gasteiger partial charge in [-0.3, -0.25) is 18.7 Å². The van der Waals surface area contributed by atoms with Gasteiger partial charge in [-0.25, -0.2) is 0 Å². The third-order valence-electron chi connectivity index (χ3n) is 12.0. The van der Waals surface area contributed by atoms with Gasteiger partial charge in [0.1, 0.15) is 0 Å². The molecule has 0 spiro atoms. The van der Waals surface area contributed by atoms with Crippen LogP contribution in [0.5, 0.6) is 0 Å². The Kier molecular flexibility index (Phi) is 21.7. The van der Waals surface area contributed by atoms with Crippen LogP contribution in [-0.2, 0) is 39.8 Å². The van der Waals surface area contributed by atoms with Crippen molar-refractivity contribution in [2.45, 2.75) is 0 Å². The van der Waals surface area contributed by atoms with Gasteiger partial charge in [-0.1, -0.05) is 166 Å². The second kappa shape index (κ2) is 28.9. The minimum Gasteiger partial charge on any atom is -0.266 e. The van der Waals surface area contributed by atoms with Gasteiger partial charge in [0.05, 0.1) is 0 Å². The molecule has 0 atom stereocenters. The molecule has 77 heavy (non-hydrogen) atoms. The molecule has 0 N–H and O–H groups in total. The predicted octanol–water partition coefficient (Wildman–Crippen LogP) is 11.9. The summed E-state index contributed by atoms with van der Waals surface area (Å²) in [6, 6.07) is 87.9. The minimum atomic E-state index is 0. The molecule has 0 fully saturated rings. The Morgan fingerprint density at radius 2 is 0.545 bits per heavy atom. The maximum Gasteiger partial charge on any atom is 2.00 e. The van der Waals surface area contributed by atoms with Crippen molar-refractivity contribution in [1.29, 1.82) is 0 Å². The van der Waals surface area contributed by atoms with Crippen molar-refractivity contribution in [2.24, 2.45) is 0 Å². The first-order chi connectivity index (χ1) is 36.7. The Balaban J connectivity index is 0.000000146. The topological polar surface area (TPSA) is 71.3 Å². The molecule has 4 heterocycles. The molecule has 13 heteroatoms. The van der Waals surface area contributed by atoms with E-state index in [1.165, 1.54) is 65.3 Å². The van der Waals surface area contributed by atoms with Crippen molar-refractivity contribution in [3.05, 3.63) is 292 Å². The second-order valence-corrected chi connectivity index (χ2v) is 16.6. The summed E-state index contributed by atoms with van der Waals surface area (Å²) in [5, 5.41) is 26.4. The van der Waals surface area contributed by atoms with Crippen LogP contribution in [0.3, 0.4) is 0 Å². The number of aromatic nitrogens is 8. The average molecular weight is 1450 g/mol. The van der Waals surface area contributed by atoms with Crippen LogP contribution in [0.15, 0.2) is 268 Å². The van der Waals surface area contributed by atoms with E-state index >= 15 is 0 Å². The maximum atomic E-state index is 4.61. The van der Waals surface area contributed by atoms with Gasteiger partial charge in [0.25, 0.3) is 0 Å². The zero-order chi connectivity index (χ0) is 50.3. The molecule has 0 aliphatic heterocycles. The van der Waals surface area contributed by atoms with Gasteiger partial charge >= 0.3 is 72.3 Å². The monoisotopic (exact) mass is 1450 g/mol. The van der Waals surface area contributed by atoms with Gasteiger partial charge in [-0.05, 0) is 58.1 Å². The second-order valence-electron chi connectivity index (χ2n) is 16.6. The van der Waals surface area contributed by atoms with Crippen LogP contribution in [0.1, 0.15) is 0 Å². The van der Waals surface area contributed by atoms with Crippen LogP contribution in [0.4, 0.5) is 0 Å². The molecule has 14 rings (SSSR count). The average Bonchev–Trinajstić information content (AvgIpc) is 4.39. The molecular formula is C64H44BrClMgN8Pt2. The Labute approximate surface area is 504 Å². The molecule has 8 nitrogen and oxygen atoms in total. The van der Waals surface area contributed by atoms with Gasteiger partial charge in [0, 0.05) is 49.6 Å². The van der Waals surface area contributed by atoms with E-state index in [1.807, 2.05) is 85.5 Å². The first kappa shape index (κ1) is 57.7. The summed E-state index contributed by atoms with van der Waals surface area (Å²) >= 11 is 1.61. The van der Waals surface area contributed by atoms with E-state index in [9.17, 15) is 0 Å². The summed E-state index contributed by atoms with van der Waals surface area (Å²) in [5.74, 6) is 0. The SMILES string of the molecule is [Br-].[Cl][Pt+].[Mg+2].[Pt+2].[c-]1c(-n2cccn2)cccc1-n1cccn1.[c-]1c(-n2cccn2)cccc1-n1cccn1.[c-]1c2ccccc2c(-c2ccccc2)c2ccccc12.[c-]1c2ccccc2c(-c2ccccc2)c2ccccc12.